The Morgan fingerprint density at radius 1 is 1.03 bits per heavy atom. The minimum Gasteiger partial charge on any atom is -0.306 e. The number of anilines is 1. The summed E-state index contributed by atoms with van der Waals surface area (Å²) in [6.45, 7) is 2.42. The normalized spacial score (nSPS) is 11.7. The molecule has 1 amide bonds. The molecule has 2 aromatic carbocycles. The zero-order chi connectivity index (χ0) is 21.8. The Morgan fingerprint density at radius 2 is 1.77 bits per heavy atom. The molecule has 7 nitrogen and oxygen atoms in total. The number of benzene rings is 2. The molecule has 1 N–H and O–H groups in total. The third kappa shape index (κ3) is 4.48. The predicted octanol–water partition coefficient (Wildman–Crippen LogP) is 4.15. The Morgan fingerprint density at radius 3 is 2.48 bits per heavy atom. The van der Waals surface area contributed by atoms with E-state index in [1.807, 2.05) is 41.8 Å². The van der Waals surface area contributed by atoms with Crippen LogP contribution in [0.5, 0.6) is 0 Å². The molecule has 4 aromatic rings. The van der Waals surface area contributed by atoms with Crippen molar-refractivity contribution in [3.05, 3.63) is 83.5 Å². The lowest BCUT2D eigenvalue weighted by Crippen LogP contribution is -2.30. The highest BCUT2D eigenvalue weighted by atomic mass is 32.2. The lowest BCUT2D eigenvalue weighted by Gasteiger charge is -2.20. The third-order valence-corrected chi connectivity index (χ3v) is 7.56. The number of fused-ring (bicyclic) bond motifs is 1. The number of carbonyl (C=O) groups excluding carboxylic acids is 1. The molecule has 158 valence electrons. The molecule has 0 unspecified atom stereocenters. The fourth-order valence-corrected chi connectivity index (χ4v) is 5.32. The molecule has 0 radical (unpaired) electrons. The van der Waals surface area contributed by atoms with E-state index in [0.717, 1.165) is 15.8 Å². The number of hydrogen-bond acceptors (Lipinski definition) is 6. The van der Waals surface area contributed by atoms with E-state index in [1.165, 1.54) is 46.2 Å². The number of amides is 1. The molecular weight excluding hydrogens is 432 g/mol. The molecule has 0 aliphatic carbocycles. The van der Waals surface area contributed by atoms with Gasteiger partial charge in [0.05, 0.1) is 10.3 Å². The van der Waals surface area contributed by atoms with Crippen LogP contribution in [0.4, 0.5) is 5.82 Å². The van der Waals surface area contributed by atoms with Crippen molar-refractivity contribution in [2.45, 2.75) is 18.4 Å². The number of hydrogen-bond donors (Lipinski definition) is 1. The summed E-state index contributed by atoms with van der Waals surface area (Å²) in [4.78, 5) is 21.9. The predicted molar refractivity (Wildman–Crippen MR) is 122 cm³/mol. The molecule has 31 heavy (non-hydrogen) atoms. The Labute approximate surface area is 184 Å². The van der Waals surface area contributed by atoms with E-state index >= 15 is 0 Å². The van der Waals surface area contributed by atoms with Crippen molar-refractivity contribution in [2.24, 2.45) is 0 Å². The van der Waals surface area contributed by atoms with E-state index in [9.17, 15) is 13.2 Å². The summed E-state index contributed by atoms with van der Waals surface area (Å²) in [6.07, 6.45) is 1.40. The van der Waals surface area contributed by atoms with Crippen LogP contribution in [-0.4, -0.2) is 35.1 Å². The average molecular weight is 453 g/mol. The summed E-state index contributed by atoms with van der Waals surface area (Å²) in [5.41, 5.74) is 1.25. The molecule has 0 saturated carbocycles. The van der Waals surface area contributed by atoms with Gasteiger partial charge in [0, 0.05) is 18.7 Å². The van der Waals surface area contributed by atoms with Crippen LogP contribution in [0.3, 0.4) is 0 Å². The summed E-state index contributed by atoms with van der Waals surface area (Å²) in [7, 11) is -3.69. The maximum absolute atomic E-state index is 13.1. The smallest absolute Gasteiger partial charge is 0.256 e. The largest absolute Gasteiger partial charge is 0.306 e. The zero-order valence-corrected chi connectivity index (χ0v) is 18.4. The van der Waals surface area contributed by atoms with Crippen LogP contribution in [0.25, 0.3) is 10.2 Å². The van der Waals surface area contributed by atoms with Crippen molar-refractivity contribution in [1.29, 1.82) is 0 Å². The van der Waals surface area contributed by atoms with Crippen LogP contribution >= 0.6 is 11.3 Å². The van der Waals surface area contributed by atoms with Crippen molar-refractivity contribution >= 4 is 43.3 Å². The van der Waals surface area contributed by atoms with Crippen LogP contribution in [0.2, 0.25) is 0 Å². The molecule has 0 fully saturated rings. The SMILES string of the molecule is CCN(Cc1ccccc1)S(=O)(=O)c1ccc(C(=O)Nc2ncnc3sccc23)cc1. The van der Waals surface area contributed by atoms with Gasteiger partial charge in [0.25, 0.3) is 5.91 Å². The molecule has 0 aliphatic rings. The van der Waals surface area contributed by atoms with Gasteiger partial charge in [0.1, 0.15) is 17.0 Å². The van der Waals surface area contributed by atoms with Crippen molar-refractivity contribution in [2.75, 3.05) is 11.9 Å². The van der Waals surface area contributed by atoms with E-state index in [4.69, 9.17) is 0 Å². The fourth-order valence-electron chi connectivity index (χ4n) is 3.15. The van der Waals surface area contributed by atoms with Crippen LogP contribution in [0.15, 0.2) is 77.3 Å². The number of rotatable bonds is 7. The van der Waals surface area contributed by atoms with Crippen LogP contribution in [-0.2, 0) is 16.6 Å². The molecule has 0 bridgehead atoms. The highest BCUT2D eigenvalue weighted by Gasteiger charge is 2.23. The van der Waals surface area contributed by atoms with Crippen LogP contribution < -0.4 is 5.32 Å². The van der Waals surface area contributed by atoms with Gasteiger partial charge in [-0.05, 0) is 41.3 Å². The van der Waals surface area contributed by atoms with E-state index in [2.05, 4.69) is 15.3 Å². The van der Waals surface area contributed by atoms with Gasteiger partial charge in [0.15, 0.2) is 0 Å². The molecule has 2 heterocycles. The standard InChI is InChI=1S/C22H20N4O3S2/c1-2-26(14-16-6-4-3-5-7-16)31(28,29)18-10-8-17(9-11-18)21(27)25-20-19-12-13-30-22(19)24-15-23-20/h3-13,15H,2,14H2,1H3,(H,23,24,25,27). The second-order valence-corrected chi connectivity index (χ2v) is 9.59. The first-order valence-electron chi connectivity index (χ1n) is 9.62. The number of nitrogens with one attached hydrogen (secondary N) is 1. The lowest BCUT2D eigenvalue weighted by atomic mass is 10.2. The van der Waals surface area contributed by atoms with Gasteiger partial charge in [-0.15, -0.1) is 11.3 Å². The van der Waals surface area contributed by atoms with Gasteiger partial charge in [-0.25, -0.2) is 18.4 Å². The second-order valence-electron chi connectivity index (χ2n) is 6.76. The zero-order valence-electron chi connectivity index (χ0n) is 16.7. The Hall–Kier alpha value is -3.14. The molecular formula is C22H20N4O3S2. The van der Waals surface area contributed by atoms with E-state index < -0.39 is 10.0 Å². The van der Waals surface area contributed by atoms with Crippen LogP contribution in [0, 0.1) is 0 Å². The topological polar surface area (TPSA) is 92.3 Å². The molecule has 0 aliphatic heterocycles. The van der Waals surface area contributed by atoms with E-state index in [1.54, 1.807) is 6.92 Å². The van der Waals surface area contributed by atoms with Gasteiger partial charge in [0.2, 0.25) is 10.0 Å². The second kappa shape index (κ2) is 8.93. The number of nitrogens with zero attached hydrogens (tertiary/aromatic N) is 3. The van der Waals surface area contributed by atoms with Gasteiger partial charge in [-0.2, -0.15) is 4.31 Å². The van der Waals surface area contributed by atoms with Gasteiger partial charge in [-0.3, -0.25) is 4.79 Å². The molecule has 4 rings (SSSR count). The van der Waals surface area contributed by atoms with Crippen molar-refractivity contribution in [3.8, 4) is 0 Å². The van der Waals surface area contributed by atoms with E-state index in [-0.39, 0.29) is 17.3 Å². The number of carbonyl (C=O) groups is 1. The van der Waals surface area contributed by atoms with Crippen molar-refractivity contribution < 1.29 is 13.2 Å². The molecule has 2 aromatic heterocycles. The Bertz CT molecular complexity index is 1300. The Balaban J connectivity index is 1.52. The highest BCUT2D eigenvalue weighted by molar-refractivity contribution is 7.89. The minimum atomic E-state index is -3.69. The Kier molecular flexibility index (Phi) is 6.08. The fraction of sp³-hybridized carbons (Fsp3) is 0.136. The molecule has 0 saturated heterocycles. The quantitative estimate of drug-likeness (QED) is 0.455. The van der Waals surface area contributed by atoms with E-state index in [0.29, 0.717) is 17.9 Å². The first kappa shape index (κ1) is 21.1. The van der Waals surface area contributed by atoms with Crippen molar-refractivity contribution in [1.82, 2.24) is 14.3 Å². The highest BCUT2D eigenvalue weighted by Crippen LogP contribution is 2.24. The average Bonchev–Trinajstić information content (AvgIpc) is 3.28. The summed E-state index contributed by atoms with van der Waals surface area (Å²) < 4.78 is 27.5. The molecule has 0 spiro atoms. The van der Waals surface area contributed by atoms with Gasteiger partial charge in [-0.1, -0.05) is 37.3 Å². The summed E-state index contributed by atoms with van der Waals surface area (Å²) in [6, 6.07) is 17.2. The minimum absolute atomic E-state index is 0.143. The summed E-state index contributed by atoms with van der Waals surface area (Å²) in [5, 5.41) is 5.41. The monoisotopic (exact) mass is 452 g/mol. The number of aromatic nitrogens is 2. The van der Waals surface area contributed by atoms with Gasteiger partial charge >= 0.3 is 0 Å². The first-order chi connectivity index (χ1) is 15.0. The summed E-state index contributed by atoms with van der Waals surface area (Å²) >= 11 is 1.46. The van der Waals surface area contributed by atoms with Crippen LogP contribution in [0.1, 0.15) is 22.8 Å². The lowest BCUT2D eigenvalue weighted by molar-refractivity contribution is 0.102. The third-order valence-electron chi connectivity index (χ3n) is 4.80. The number of sulfonamides is 1. The first-order valence-corrected chi connectivity index (χ1v) is 11.9. The summed E-state index contributed by atoms with van der Waals surface area (Å²) in [5.74, 6) is 0.0553. The molecule has 0 atom stereocenters. The molecule has 9 heteroatoms. The maximum atomic E-state index is 13.1. The van der Waals surface area contributed by atoms with Crippen molar-refractivity contribution in [3.63, 3.8) is 0 Å². The maximum Gasteiger partial charge on any atom is 0.256 e. The number of thiophene rings is 1. The van der Waals surface area contributed by atoms with Gasteiger partial charge < -0.3 is 5.32 Å².